The van der Waals surface area contributed by atoms with Gasteiger partial charge in [-0.15, -0.1) is 0 Å². The number of hydrogen-bond acceptors (Lipinski definition) is 8. The van der Waals surface area contributed by atoms with Crippen LogP contribution in [0.5, 0.6) is 5.75 Å². The van der Waals surface area contributed by atoms with Crippen LogP contribution in [-0.2, 0) is 23.0 Å². The van der Waals surface area contributed by atoms with Crippen LogP contribution in [0.3, 0.4) is 0 Å². The van der Waals surface area contributed by atoms with Gasteiger partial charge in [-0.1, -0.05) is 11.8 Å². The highest BCUT2D eigenvalue weighted by Crippen LogP contribution is 2.38. The molecule has 0 bridgehead atoms. The van der Waals surface area contributed by atoms with Crippen LogP contribution in [0.2, 0.25) is 0 Å². The average molecular weight is 558 g/mol. The van der Waals surface area contributed by atoms with Crippen LogP contribution in [0.15, 0.2) is 28.5 Å². The Hall–Kier alpha value is -1.64. The normalized spacial score (nSPS) is 16.0. The number of rotatable bonds is 7. The molecule has 1 aliphatic heterocycles. The van der Waals surface area contributed by atoms with Gasteiger partial charge < -0.3 is 15.0 Å². The molecule has 3 N–H and O–H groups in total. The van der Waals surface area contributed by atoms with Gasteiger partial charge in [-0.25, -0.2) is 28.1 Å². The summed E-state index contributed by atoms with van der Waals surface area (Å²) in [7, 11) is -3.25. The number of halogens is 1. The van der Waals surface area contributed by atoms with Crippen LogP contribution in [0.1, 0.15) is 18.4 Å². The smallest absolute Gasteiger partial charge is 0.214 e. The molecule has 0 radical (unpaired) electrons. The van der Waals surface area contributed by atoms with Gasteiger partial charge in [0.1, 0.15) is 12.1 Å². The van der Waals surface area contributed by atoms with E-state index in [0.29, 0.717) is 35.3 Å². The summed E-state index contributed by atoms with van der Waals surface area (Å²) in [5, 5.41) is 0.426. The molecule has 1 fully saturated rings. The summed E-state index contributed by atoms with van der Waals surface area (Å²) < 4.78 is 35.7. The molecule has 30 heavy (non-hydrogen) atoms. The van der Waals surface area contributed by atoms with E-state index in [1.807, 2.05) is 10.6 Å². The summed E-state index contributed by atoms with van der Waals surface area (Å²) in [4.78, 5) is 14.0. The summed E-state index contributed by atoms with van der Waals surface area (Å²) in [6.07, 6.45) is 3.77. The maximum atomic E-state index is 12.2. The van der Waals surface area contributed by atoms with Gasteiger partial charge in [0.2, 0.25) is 10.0 Å². The van der Waals surface area contributed by atoms with E-state index in [1.54, 1.807) is 0 Å². The van der Waals surface area contributed by atoms with Crippen molar-refractivity contribution in [1.82, 2.24) is 24.2 Å². The fraction of sp³-hybridized carbons (Fsp3) is 0.389. The quantitative estimate of drug-likeness (QED) is 0.423. The molecule has 5 rings (SSSR count). The standard InChI is InChI=1S/C18H19IN6O3S2/c19-12-7-10-3-6-28-13(10)8-14(12)29-18-24-15-16(20)21-9-22-17(15)25(18)5-4-23-30(26,27)11-1-2-11/h7-9,11,23H,1-6H2,(H2,20,21,22). The van der Waals surface area contributed by atoms with Gasteiger partial charge in [-0.05, 0) is 53.1 Å². The highest BCUT2D eigenvalue weighted by molar-refractivity contribution is 14.1. The molecular weight excluding hydrogens is 539 g/mol. The SMILES string of the molecule is Nc1ncnc2c1nc(Sc1cc3c(cc1I)CCO3)n2CCNS(=O)(=O)C1CC1. The van der Waals surface area contributed by atoms with Crippen molar-refractivity contribution in [2.24, 2.45) is 0 Å². The summed E-state index contributed by atoms with van der Waals surface area (Å²) in [5.74, 6) is 1.20. The van der Waals surface area contributed by atoms with Crippen molar-refractivity contribution in [2.75, 3.05) is 18.9 Å². The minimum atomic E-state index is -3.25. The van der Waals surface area contributed by atoms with Crippen LogP contribution in [-0.4, -0.2) is 46.3 Å². The minimum absolute atomic E-state index is 0.253. The zero-order valence-electron chi connectivity index (χ0n) is 15.8. The van der Waals surface area contributed by atoms with Crippen molar-refractivity contribution in [1.29, 1.82) is 0 Å². The lowest BCUT2D eigenvalue weighted by atomic mass is 10.2. The molecule has 0 unspecified atom stereocenters. The zero-order valence-corrected chi connectivity index (χ0v) is 19.6. The Morgan fingerprint density at radius 3 is 2.97 bits per heavy atom. The number of nitrogens with zero attached hydrogens (tertiary/aromatic N) is 4. The highest BCUT2D eigenvalue weighted by Gasteiger charge is 2.35. The summed E-state index contributed by atoms with van der Waals surface area (Å²) in [6, 6.07) is 4.17. The first-order valence-electron chi connectivity index (χ1n) is 9.50. The third kappa shape index (κ3) is 3.85. The van der Waals surface area contributed by atoms with Crippen molar-refractivity contribution in [3.63, 3.8) is 0 Å². The third-order valence-corrected chi connectivity index (χ3v) is 9.34. The Balaban J connectivity index is 1.47. The highest BCUT2D eigenvalue weighted by atomic mass is 127. The van der Waals surface area contributed by atoms with Gasteiger partial charge in [0, 0.05) is 28.0 Å². The van der Waals surface area contributed by atoms with Crippen molar-refractivity contribution in [3.8, 4) is 5.75 Å². The third-order valence-electron chi connectivity index (χ3n) is 5.07. The molecule has 1 aliphatic carbocycles. The Morgan fingerprint density at radius 1 is 1.33 bits per heavy atom. The van der Waals surface area contributed by atoms with Gasteiger partial charge in [-0.3, -0.25) is 0 Å². The summed E-state index contributed by atoms with van der Waals surface area (Å²) in [5.41, 5.74) is 8.32. The minimum Gasteiger partial charge on any atom is -0.493 e. The second-order valence-corrected chi connectivity index (χ2v) is 11.4. The number of hydrogen-bond donors (Lipinski definition) is 2. The first kappa shape index (κ1) is 20.3. The molecule has 3 aromatic rings. The average Bonchev–Trinajstić information content (AvgIpc) is 3.39. The van der Waals surface area contributed by atoms with E-state index in [2.05, 4.69) is 48.3 Å². The Labute approximate surface area is 191 Å². The molecule has 9 nitrogen and oxygen atoms in total. The number of aromatic nitrogens is 4. The van der Waals surface area contributed by atoms with Crippen molar-refractivity contribution >= 4 is 61.4 Å². The largest absolute Gasteiger partial charge is 0.493 e. The van der Waals surface area contributed by atoms with E-state index in [9.17, 15) is 8.42 Å². The van der Waals surface area contributed by atoms with Gasteiger partial charge >= 0.3 is 0 Å². The predicted molar refractivity (Wildman–Crippen MR) is 122 cm³/mol. The van der Waals surface area contributed by atoms with Crippen LogP contribution >= 0.6 is 34.4 Å². The molecule has 1 saturated carbocycles. The molecule has 0 atom stereocenters. The Kier molecular flexibility index (Phi) is 5.27. The lowest BCUT2D eigenvalue weighted by Gasteiger charge is -2.11. The van der Waals surface area contributed by atoms with Crippen molar-refractivity contribution < 1.29 is 13.2 Å². The number of imidazole rings is 1. The number of ether oxygens (including phenoxy) is 1. The van der Waals surface area contributed by atoms with E-state index >= 15 is 0 Å². The summed E-state index contributed by atoms with van der Waals surface area (Å²) in [6.45, 7) is 1.34. The van der Waals surface area contributed by atoms with Crippen LogP contribution < -0.4 is 15.2 Å². The number of anilines is 1. The molecule has 0 amide bonds. The lowest BCUT2D eigenvalue weighted by molar-refractivity contribution is 0.356. The maximum Gasteiger partial charge on any atom is 0.214 e. The molecular formula is C18H19IN6O3S2. The van der Waals surface area contributed by atoms with Gasteiger partial charge in [0.15, 0.2) is 22.1 Å². The van der Waals surface area contributed by atoms with Crippen LogP contribution in [0.4, 0.5) is 5.82 Å². The molecule has 0 spiro atoms. The van der Waals surface area contributed by atoms with E-state index in [0.717, 1.165) is 33.5 Å². The number of fused-ring (bicyclic) bond motifs is 2. The number of sulfonamides is 1. The van der Waals surface area contributed by atoms with Gasteiger partial charge in [-0.2, -0.15) is 0 Å². The second kappa shape index (κ2) is 7.80. The second-order valence-electron chi connectivity index (χ2n) is 7.21. The van der Waals surface area contributed by atoms with Gasteiger partial charge in [0.25, 0.3) is 0 Å². The van der Waals surface area contributed by atoms with Crippen LogP contribution in [0, 0.1) is 3.57 Å². The first-order valence-corrected chi connectivity index (χ1v) is 12.9. The van der Waals surface area contributed by atoms with Crippen LogP contribution in [0.25, 0.3) is 11.2 Å². The predicted octanol–water partition coefficient (Wildman–Crippen LogP) is 2.18. The van der Waals surface area contributed by atoms with E-state index in [1.165, 1.54) is 23.7 Å². The Bertz CT molecular complexity index is 1240. The van der Waals surface area contributed by atoms with Crippen molar-refractivity contribution in [3.05, 3.63) is 27.6 Å². The monoisotopic (exact) mass is 558 g/mol. The molecule has 1 aromatic carbocycles. The first-order chi connectivity index (χ1) is 14.4. The molecule has 2 aliphatic rings. The zero-order chi connectivity index (χ0) is 20.9. The van der Waals surface area contributed by atoms with Crippen molar-refractivity contribution in [2.45, 2.75) is 41.1 Å². The van der Waals surface area contributed by atoms with E-state index in [-0.39, 0.29) is 11.8 Å². The number of benzene rings is 1. The van der Waals surface area contributed by atoms with E-state index in [4.69, 9.17) is 10.5 Å². The maximum absolute atomic E-state index is 12.2. The molecule has 3 heterocycles. The number of nitrogen functional groups attached to an aromatic ring is 1. The molecule has 12 heteroatoms. The fourth-order valence-corrected chi connectivity index (χ4v) is 6.54. The topological polar surface area (TPSA) is 125 Å². The summed E-state index contributed by atoms with van der Waals surface area (Å²) >= 11 is 3.79. The molecule has 2 aromatic heterocycles. The lowest BCUT2D eigenvalue weighted by Crippen LogP contribution is -2.30. The molecule has 0 saturated heterocycles. The number of nitrogens with one attached hydrogen (secondary N) is 1. The van der Waals surface area contributed by atoms with Gasteiger partial charge in [0.05, 0.1) is 11.9 Å². The number of nitrogens with two attached hydrogens (primary N) is 1. The molecule has 158 valence electrons. The van der Waals surface area contributed by atoms with E-state index < -0.39 is 10.0 Å². The fourth-order valence-electron chi connectivity index (χ4n) is 3.36. The Morgan fingerprint density at radius 2 is 2.17 bits per heavy atom.